The highest BCUT2D eigenvalue weighted by atomic mass is 35.5. The minimum absolute atomic E-state index is 0.0379. The fraction of sp³-hybridized carbons (Fsp3) is 0.261. The molecule has 2 aromatic heterocycles. The van der Waals surface area contributed by atoms with Gasteiger partial charge in [0.2, 0.25) is 0 Å². The summed E-state index contributed by atoms with van der Waals surface area (Å²) < 4.78 is 31.7. The third kappa shape index (κ3) is 5.34. The minimum Gasteiger partial charge on any atom is -0.485 e. The molecule has 2 heterocycles. The van der Waals surface area contributed by atoms with Crippen molar-refractivity contribution >= 4 is 34.4 Å². The number of fused-ring (bicyclic) bond motifs is 1. The van der Waals surface area contributed by atoms with Crippen molar-refractivity contribution in [2.45, 2.75) is 33.4 Å². The van der Waals surface area contributed by atoms with Crippen molar-refractivity contribution in [2.75, 3.05) is 6.61 Å². The first kappa shape index (κ1) is 23.2. The Bertz CT molecular complexity index is 1340. The molecule has 0 spiro atoms. The molecule has 0 aliphatic carbocycles. The highest BCUT2D eigenvalue weighted by Gasteiger charge is 2.14. The number of nitrogens with zero attached hydrogens (tertiary/aromatic N) is 4. The molecule has 0 radical (unpaired) electrons. The van der Waals surface area contributed by atoms with Gasteiger partial charge in [0.1, 0.15) is 12.1 Å². The molecule has 0 aliphatic rings. The first-order valence-corrected chi connectivity index (χ1v) is 10.9. The number of aromatic nitrogens is 4. The van der Waals surface area contributed by atoms with Gasteiger partial charge < -0.3 is 14.3 Å². The van der Waals surface area contributed by atoms with Gasteiger partial charge in [-0.05, 0) is 42.7 Å². The number of H-pyrrole nitrogens is 1. The van der Waals surface area contributed by atoms with Crippen LogP contribution in [0.5, 0.6) is 5.75 Å². The van der Waals surface area contributed by atoms with E-state index in [9.17, 15) is 8.78 Å². The number of halogens is 4. The Labute approximate surface area is 198 Å². The van der Waals surface area contributed by atoms with Crippen LogP contribution in [0.2, 0.25) is 10.0 Å². The van der Waals surface area contributed by atoms with Crippen LogP contribution < -0.4 is 10.2 Å². The van der Waals surface area contributed by atoms with Gasteiger partial charge in [0.15, 0.2) is 16.9 Å². The smallest absolute Gasteiger partial charge is 0.272 e. The van der Waals surface area contributed by atoms with E-state index < -0.39 is 13.0 Å². The lowest BCUT2D eigenvalue weighted by molar-refractivity contribution is 0.0820. The molecule has 10 heteroatoms. The standard InChI is InChI=1S/C23H21Cl2F2N5O/c1-13-3-4-16(14(2)5-13)8-28-22-20-23(30-11-29-20)32(12-31-22)9-15-6-17(24)21(18(25)7-15)33-10-19(26)27/h3-7,11-12,19H,8-10H2,1-2H3,(H,29,30). The molecule has 0 saturated carbocycles. The minimum atomic E-state index is -2.62. The summed E-state index contributed by atoms with van der Waals surface area (Å²) >= 11 is 12.4. The van der Waals surface area contributed by atoms with Crippen molar-refractivity contribution in [1.29, 1.82) is 0 Å². The number of hydrogen-bond donors (Lipinski definition) is 1. The van der Waals surface area contributed by atoms with Crippen molar-refractivity contribution in [1.82, 2.24) is 19.5 Å². The molecule has 1 N–H and O–H groups in total. The van der Waals surface area contributed by atoms with Crippen molar-refractivity contribution in [3.8, 4) is 5.75 Å². The fourth-order valence-electron chi connectivity index (χ4n) is 3.52. The third-order valence-electron chi connectivity index (χ3n) is 5.10. The van der Waals surface area contributed by atoms with Crippen molar-refractivity contribution in [2.24, 2.45) is 4.99 Å². The van der Waals surface area contributed by atoms with E-state index in [1.807, 2.05) is 4.57 Å². The van der Waals surface area contributed by atoms with E-state index in [2.05, 4.69) is 52.0 Å². The Morgan fingerprint density at radius 2 is 1.88 bits per heavy atom. The predicted molar refractivity (Wildman–Crippen MR) is 124 cm³/mol. The van der Waals surface area contributed by atoms with Gasteiger partial charge in [-0.3, -0.25) is 4.99 Å². The van der Waals surface area contributed by atoms with Crippen molar-refractivity contribution < 1.29 is 13.5 Å². The normalized spacial score (nSPS) is 12.2. The zero-order valence-electron chi connectivity index (χ0n) is 17.9. The summed E-state index contributed by atoms with van der Waals surface area (Å²) in [4.78, 5) is 16.7. The second-order valence-electron chi connectivity index (χ2n) is 7.63. The molecular formula is C23H21Cl2F2N5O. The second kappa shape index (κ2) is 9.89. The molecule has 0 amide bonds. The van der Waals surface area contributed by atoms with Crippen LogP contribution in [-0.4, -0.2) is 32.6 Å². The molecular weight excluding hydrogens is 471 g/mol. The highest BCUT2D eigenvalue weighted by molar-refractivity contribution is 6.37. The summed E-state index contributed by atoms with van der Waals surface area (Å²) in [5.41, 5.74) is 6.19. The van der Waals surface area contributed by atoms with Gasteiger partial charge >= 0.3 is 0 Å². The Morgan fingerprint density at radius 1 is 1.12 bits per heavy atom. The number of alkyl halides is 2. The molecule has 2 aromatic carbocycles. The van der Waals surface area contributed by atoms with Crippen LogP contribution in [0.4, 0.5) is 8.78 Å². The van der Waals surface area contributed by atoms with Crippen LogP contribution in [0.15, 0.2) is 48.0 Å². The number of imidazole rings is 1. The number of benzene rings is 2. The van der Waals surface area contributed by atoms with E-state index in [4.69, 9.17) is 27.9 Å². The maximum Gasteiger partial charge on any atom is 0.272 e. The molecule has 4 aromatic rings. The SMILES string of the molecule is Cc1ccc(CN=c2ncn(Cc3cc(Cl)c(OCC(F)F)c(Cl)c3)c3nc[nH]c23)c(C)c1. The second-order valence-corrected chi connectivity index (χ2v) is 8.45. The number of aromatic amines is 1. The Morgan fingerprint density at radius 3 is 2.58 bits per heavy atom. The number of nitrogens with one attached hydrogen (secondary N) is 1. The highest BCUT2D eigenvalue weighted by Crippen LogP contribution is 2.34. The summed E-state index contributed by atoms with van der Waals surface area (Å²) in [6.45, 7) is 4.21. The van der Waals surface area contributed by atoms with E-state index >= 15 is 0 Å². The average Bonchev–Trinajstić information content (AvgIpc) is 3.24. The van der Waals surface area contributed by atoms with Gasteiger partial charge in [-0.2, -0.15) is 0 Å². The maximum absolute atomic E-state index is 12.4. The average molecular weight is 492 g/mol. The maximum atomic E-state index is 12.4. The molecule has 0 atom stereocenters. The molecule has 33 heavy (non-hydrogen) atoms. The molecule has 0 bridgehead atoms. The third-order valence-corrected chi connectivity index (χ3v) is 5.66. The van der Waals surface area contributed by atoms with Gasteiger partial charge in [0.05, 0.1) is 35.8 Å². The number of rotatable bonds is 7. The predicted octanol–water partition coefficient (Wildman–Crippen LogP) is 5.48. The van der Waals surface area contributed by atoms with E-state index in [-0.39, 0.29) is 15.8 Å². The van der Waals surface area contributed by atoms with Crippen molar-refractivity contribution in [3.63, 3.8) is 0 Å². The first-order chi connectivity index (χ1) is 15.8. The van der Waals surface area contributed by atoms with Gasteiger partial charge in [-0.25, -0.2) is 18.7 Å². The van der Waals surface area contributed by atoms with Crippen LogP contribution in [0, 0.1) is 13.8 Å². The molecule has 0 saturated heterocycles. The van der Waals surface area contributed by atoms with E-state index in [1.165, 1.54) is 11.1 Å². The van der Waals surface area contributed by atoms with Crippen LogP contribution in [-0.2, 0) is 13.1 Å². The lowest BCUT2D eigenvalue weighted by atomic mass is 10.1. The summed E-state index contributed by atoms with van der Waals surface area (Å²) in [6, 6.07) is 9.51. The van der Waals surface area contributed by atoms with Gasteiger partial charge in [-0.15, -0.1) is 0 Å². The number of aryl methyl sites for hydroxylation is 2. The van der Waals surface area contributed by atoms with Crippen molar-refractivity contribution in [3.05, 3.63) is 80.8 Å². The Hall–Kier alpha value is -2.97. The Kier molecular flexibility index (Phi) is 6.95. The van der Waals surface area contributed by atoms with Crippen LogP contribution in [0.3, 0.4) is 0 Å². The summed E-state index contributed by atoms with van der Waals surface area (Å²) in [5.74, 6) is 0.0379. The zero-order chi connectivity index (χ0) is 23.5. The van der Waals surface area contributed by atoms with Crippen LogP contribution >= 0.6 is 23.2 Å². The van der Waals surface area contributed by atoms with E-state index in [0.717, 1.165) is 11.1 Å². The van der Waals surface area contributed by atoms with Crippen LogP contribution in [0.1, 0.15) is 22.3 Å². The summed E-state index contributed by atoms with van der Waals surface area (Å²) in [7, 11) is 0. The monoisotopic (exact) mass is 491 g/mol. The Balaban J connectivity index is 1.61. The van der Waals surface area contributed by atoms with E-state index in [0.29, 0.717) is 29.7 Å². The van der Waals surface area contributed by atoms with Gasteiger partial charge in [-0.1, -0.05) is 47.0 Å². The topological polar surface area (TPSA) is 68.1 Å². The zero-order valence-corrected chi connectivity index (χ0v) is 19.5. The number of ether oxygens (including phenoxy) is 1. The molecule has 6 nitrogen and oxygen atoms in total. The fourth-order valence-corrected chi connectivity index (χ4v) is 4.16. The molecule has 0 fully saturated rings. The largest absolute Gasteiger partial charge is 0.485 e. The molecule has 4 rings (SSSR count). The quantitative estimate of drug-likeness (QED) is 0.372. The summed E-state index contributed by atoms with van der Waals surface area (Å²) in [5, 5.41) is 0.315. The first-order valence-electron chi connectivity index (χ1n) is 10.2. The van der Waals surface area contributed by atoms with Crippen LogP contribution in [0.25, 0.3) is 11.2 Å². The molecule has 172 valence electrons. The van der Waals surface area contributed by atoms with Gasteiger partial charge in [0, 0.05) is 0 Å². The van der Waals surface area contributed by atoms with E-state index in [1.54, 1.807) is 24.8 Å². The number of hydrogen-bond acceptors (Lipinski definition) is 4. The lowest BCUT2D eigenvalue weighted by Gasteiger charge is -2.13. The molecule has 0 aliphatic heterocycles. The lowest BCUT2D eigenvalue weighted by Crippen LogP contribution is -2.15. The summed E-state index contributed by atoms with van der Waals surface area (Å²) in [6.07, 6.45) is 0.609. The molecule has 0 unspecified atom stereocenters. The van der Waals surface area contributed by atoms with Gasteiger partial charge in [0.25, 0.3) is 6.43 Å².